The third kappa shape index (κ3) is 8.64. The maximum atomic E-state index is 18.1. The number of ether oxygens (including phenoxy) is 3. The predicted molar refractivity (Wildman–Crippen MR) is 296 cm³/mol. The number of fused-ring (bicyclic) bond motifs is 1. The van der Waals surface area contributed by atoms with Crippen LogP contribution in [-0.4, -0.2) is 44.7 Å². The van der Waals surface area contributed by atoms with E-state index in [-0.39, 0.29) is 6.61 Å². The van der Waals surface area contributed by atoms with E-state index in [1.165, 1.54) is 6.33 Å². The van der Waals surface area contributed by atoms with Gasteiger partial charge in [-0.2, -0.15) is 0 Å². The molecule has 1 saturated heterocycles. The molecule has 0 aliphatic carbocycles. The average molecular weight is 996 g/mol. The monoisotopic (exact) mass is 995 g/mol. The smallest absolute Gasteiger partial charge is 0.223 e. The van der Waals surface area contributed by atoms with Gasteiger partial charge in [0, 0.05) is 0 Å². The quantitative estimate of drug-likeness (QED) is 0.0910. The molecular weight excluding hydrogens is 942 g/mol. The Morgan fingerprint density at radius 1 is 0.434 bits per heavy atom. The molecule has 2 aromatic heterocycles. The first kappa shape index (κ1) is 48.1. The highest BCUT2D eigenvalue weighted by Crippen LogP contribution is 2.49. The molecule has 0 radical (unpaired) electrons. The summed E-state index contributed by atoms with van der Waals surface area (Å²) in [5.74, 6) is 0.456. The lowest BCUT2D eigenvalue weighted by molar-refractivity contribution is -0.131. The van der Waals surface area contributed by atoms with Crippen LogP contribution in [0.5, 0.6) is 0 Å². The van der Waals surface area contributed by atoms with Crippen LogP contribution in [0.25, 0.3) is 11.2 Å². The number of nitrogens with zero attached hydrogens (tertiary/aromatic N) is 4. The fraction of sp³-hybridized carbons (Fsp3) is 0.119. The van der Waals surface area contributed by atoms with E-state index in [0.717, 1.165) is 50.1 Å². The minimum atomic E-state index is -1.92. The summed E-state index contributed by atoms with van der Waals surface area (Å²) in [6, 6.07) is 90.6. The largest absolute Gasteiger partial charge is 0.358 e. The van der Waals surface area contributed by atoms with Gasteiger partial charge in [-0.25, -0.2) is 19.3 Å². The lowest BCUT2D eigenvalue weighted by Crippen LogP contribution is -2.45. The normalized spacial score (nSPS) is 16.9. The number of nitrogens with one attached hydrogen (secondary N) is 1. The van der Waals surface area contributed by atoms with Crippen molar-refractivity contribution in [3.05, 3.63) is 336 Å². The first-order chi connectivity index (χ1) is 37.6. The van der Waals surface area contributed by atoms with Crippen molar-refractivity contribution < 1.29 is 18.6 Å². The summed E-state index contributed by atoms with van der Waals surface area (Å²) in [5.41, 5.74) is 5.68. The summed E-state index contributed by atoms with van der Waals surface area (Å²) >= 11 is 0. The van der Waals surface area contributed by atoms with E-state index in [4.69, 9.17) is 29.2 Å². The fourth-order valence-corrected chi connectivity index (χ4v) is 11.3. The van der Waals surface area contributed by atoms with Gasteiger partial charge in [0.05, 0.1) is 12.9 Å². The Hall–Kier alpha value is -8.86. The molecule has 372 valence electrons. The molecule has 0 spiro atoms. The number of imidazole rings is 1. The van der Waals surface area contributed by atoms with Crippen LogP contribution in [0.1, 0.15) is 56.1 Å². The second-order valence-corrected chi connectivity index (χ2v) is 19.0. The average Bonchev–Trinajstić information content (AvgIpc) is 4.08. The van der Waals surface area contributed by atoms with Gasteiger partial charge in [0.2, 0.25) is 6.36 Å². The molecule has 8 nitrogen and oxygen atoms in total. The van der Waals surface area contributed by atoms with Crippen molar-refractivity contribution in [3.8, 4) is 0 Å². The van der Waals surface area contributed by atoms with Crippen molar-refractivity contribution in [1.29, 1.82) is 0 Å². The number of alkyl halides is 1. The molecule has 12 rings (SSSR count). The minimum absolute atomic E-state index is 0.0864. The van der Waals surface area contributed by atoms with Crippen LogP contribution in [0.3, 0.4) is 0 Å². The van der Waals surface area contributed by atoms with Gasteiger partial charge in [-0.1, -0.05) is 273 Å². The van der Waals surface area contributed by atoms with Crippen LogP contribution in [0.2, 0.25) is 0 Å². The predicted octanol–water partition coefficient (Wildman–Crippen LogP) is 13.9. The van der Waals surface area contributed by atoms with Crippen molar-refractivity contribution in [1.82, 2.24) is 19.5 Å². The lowest BCUT2D eigenvalue weighted by atomic mass is 9.77. The van der Waals surface area contributed by atoms with E-state index in [1.54, 1.807) is 10.9 Å². The standard InChI is InChI=1S/C67H54FN5O3/c68-62-60(73-48-71-59-63(69-47-70-64(59)73)72-65(49-28-10-1-11-29-49,50-30-12-2-13-31-50)51-32-14-3-15-33-51)61(76-67(55-40-22-7-23-41-55,56-42-24-8-25-43-56)57-44-26-9-27-45-57)58(75-62)46-74-66(52-34-16-4-17-35-52,53-36-18-5-19-37-53)54-38-20-6-21-39-54/h1-45,47-48,58,60-62H,46H2,(H,69,70,72)/t58-,60-,61-,62+/m1/s1. The number of rotatable bonds is 17. The number of anilines is 1. The van der Waals surface area contributed by atoms with Crippen LogP contribution >= 0.6 is 0 Å². The van der Waals surface area contributed by atoms with Gasteiger partial charge in [0.1, 0.15) is 46.8 Å². The molecule has 0 saturated carbocycles. The van der Waals surface area contributed by atoms with Crippen LogP contribution in [0.15, 0.2) is 286 Å². The zero-order valence-electron chi connectivity index (χ0n) is 41.5. The summed E-state index contributed by atoms with van der Waals surface area (Å²) in [4.78, 5) is 14.9. The Balaban J connectivity index is 1.04. The fourth-order valence-electron chi connectivity index (χ4n) is 11.3. The topological polar surface area (TPSA) is 83.3 Å². The lowest BCUT2D eigenvalue weighted by Gasteiger charge is -2.41. The molecule has 11 aromatic rings. The maximum absolute atomic E-state index is 18.1. The number of hydrogen-bond donors (Lipinski definition) is 1. The molecular formula is C67H54FN5O3. The zero-order chi connectivity index (χ0) is 51.2. The van der Waals surface area contributed by atoms with E-state index in [0.29, 0.717) is 17.0 Å². The molecule has 1 fully saturated rings. The number of aromatic nitrogens is 4. The van der Waals surface area contributed by atoms with Crippen LogP contribution in [0.4, 0.5) is 10.2 Å². The van der Waals surface area contributed by atoms with Gasteiger partial charge in [0.15, 0.2) is 11.5 Å². The summed E-state index contributed by atoms with van der Waals surface area (Å²) in [6.07, 6.45) is -0.818. The van der Waals surface area contributed by atoms with Gasteiger partial charge in [-0.15, -0.1) is 0 Å². The molecule has 9 aromatic carbocycles. The number of halogens is 1. The Morgan fingerprint density at radius 2 is 0.776 bits per heavy atom. The molecule has 0 unspecified atom stereocenters. The first-order valence-electron chi connectivity index (χ1n) is 25.7. The second kappa shape index (κ2) is 21.2. The van der Waals surface area contributed by atoms with Crippen LogP contribution in [-0.2, 0) is 31.0 Å². The molecule has 0 amide bonds. The third-order valence-corrected chi connectivity index (χ3v) is 14.7. The number of hydrogen-bond acceptors (Lipinski definition) is 7. The molecule has 76 heavy (non-hydrogen) atoms. The summed E-state index contributed by atoms with van der Waals surface area (Å²) in [7, 11) is 0. The first-order valence-corrected chi connectivity index (χ1v) is 25.7. The van der Waals surface area contributed by atoms with Crippen molar-refractivity contribution in [3.63, 3.8) is 0 Å². The third-order valence-electron chi connectivity index (χ3n) is 14.7. The van der Waals surface area contributed by atoms with E-state index in [9.17, 15) is 0 Å². The van der Waals surface area contributed by atoms with Crippen LogP contribution < -0.4 is 5.32 Å². The molecule has 4 atom stereocenters. The van der Waals surface area contributed by atoms with E-state index in [1.807, 2.05) is 164 Å². The molecule has 1 aliphatic rings. The van der Waals surface area contributed by atoms with E-state index >= 15 is 4.39 Å². The van der Waals surface area contributed by atoms with Gasteiger partial charge in [-0.05, 0) is 50.1 Å². The molecule has 1 aliphatic heterocycles. The Kier molecular flexibility index (Phi) is 13.4. The SMILES string of the molecule is F[C@H]1O[C@H](COC(c2ccccc2)(c2ccccc2)c2ccccc2)[C@@H](OC(c2ccccc2)(c2ccccc2)c2ccccc2)[C@H]1n1cnc2c(NC(c3ccccc3)(c3ccccc3)c3ccccc3)ncnc21. The van der Waals surface area contributed by atoms with Crippen molar-refractivity contribution in [2.24, 2.45) is 0 Å². The summed E-state index contributed by atoms with van der Waals surface area (Å²) in [5, 5.41) is 3.90. The van der Waals surface area contributed by atoms with Crippen LogP contribution in [0, 0.1) is 0 Å². The molecule has 3 heterocycles. The summed E-state index contributed by atoms with van der Waals surface area (Å²) < 4.78 is 42.0. The highest BCUT2D eigenvalue weighted by molar-refractivity contribution is 5.84. The Bertz CT molecular complexity index is 3310. The number of benzene rings is 9. The molecule has 9 heteroatoms. The maximum Gasteiger partial charge on any atom is 0.223 e. The molecule has 0 bridgehead atoms. The van der Waals surface area contributed by atoms with E-state index in [2.05, 4.69) is 115 Å². The van der Waals surface area contributed by atoms with E-state index < -0.39 is 41.3 Å². The Morgan fingerprint density at radius 3 is 1.14 bits per heavy atom. The highest BCUT2D eigenvalue weighted by Gasteiger charge is 2.54. The highest BCUT2D eigenvalue weighted by atomic mass is 19.1. The van der Waals surface area contributed by atoms with Crippen molar-refractivity contribution in [2.45, 2.75) is 41.3 Å². The molecule has 1 N–H and O–H groups in total. The minimum Gasteiger partial charge on any atom is -0.358 e. The van der Waals surface area contributed by atoms with Crippen molar-refractivity contribution >= 4 is 17.0 Å². The Labute approximate surface area is 442 Å². The summed E-state index contributed by atoms with van der Waals surface area (Å²) in [6.45, 7) is -0.0864. The van der Waals surface area contributed by atoms with Gasteiger partial charge in [0.25, 0.3) is 0 Å². The zero-order valence-corrected chi connectivity index (χ0v) is 41.5. The van der Waals surface area contributed by atoms with Gasteiger partial charge < -0.3 is 24.1 Å². The van der Waals surface area contributed by atoms with Gasteiger partial charge >= 0.3 is 0 Å². The van der Waals surface area contributed by atoms with Crippen molar-refractivity contribution in [2.75, 3.05) is 11.9 Å². The van der Waals surface area contributed by atoms with Gasteiger partial charge in [-0.3, -0.25) is 0 Å². The second-order valence-electron chi connectivity index (χ2n) is 19.0.